The first-order valence-corrected chi connectivity index (χ1v) is 6.59. The van der Waals surface area contributed by atoms with Crippen LogP contribution in [-0.2, 0) is 10.0 Å². The number of rotatable bonds is 5. The Hall–Kier alpha value is -0.0900. The predicted octanol–water partition coefficient (Wildman–Crippen LogP) is 1.61. The van der Waals surface area contributed by atoms with Crippen LogP contribution in [0.2, 0.25) is 0 Å². The van der Waals surface area contributed by atoms with Crippen molar-refractivity contribution in [3.05, 3.63) is 0 Å². The molecule has 0 unspecified atom stereocenters. The molecule has 0 saturated heterocycles. The largest absolute Gasteiger partial charge is 0.213 e. The summed E-state index contributed by atoms with van der Waals surface area (Å²) < 4.78 is 24.7. The van der Waals surface area contributed by atoms with Gasteiger partial charge in [0.15, 0.2) is 0 Å². The van der Waals surface area contributed by atoms with Gasteiger partial charge in [-0.2, -0.15) is 0 Å². The molecule has 0 spiro atoms. The highest BCUT2D eigenvalue weighted by atomic mass is 32.2. The molecule has 1 N–H and O–H groups in total. The van der Waals surface area contributed by atoms with Crippen LogP contribution in [0.5, 0.6) is 0 Å². The van der Waals surface area contributed by atoms with Crippen molar-refractivity contribution in [2.75, 3.05) is 6.26 Å². The third-order valence-electron chi connectivity index (χ3n) is 1.90. The first-order chi connectivity index (χ1) is 5.72. The highest BCUT2D eigenvalue weighted by Gasteiger charge is 2.18. The van der Waals surface area contributed by atoms with Crippen molar-refractivity contribution < 1.29 is 8.42 Å². The molecule has 13 heavy (non-hydrogen) atoms. The van der Waals surface area contributed by atoms with Gasteiger partial charge in [-0.25, -0.2) is 13.1 Å². The van der Waals surface area contributed by atoms with Gasteiger partial charge in [-0.15, -0.1) is 0 Å². The van der Waals surface area contributed by atoms with Crippen LogP contribution < -0.4 is 4.72 Å². The summed E-state index contributed by atoms with van der Waals surface area (Å²) in [7, 11) is -3.06. The van der Waals surface area contributed by atoms with Crippen molar-refractivity contribution in [2.24, 2.45) is 11.8 Å². The number of nitrogens with one attached hydrogen (secondary N) is 1. The molecule has 80 valence electrons. The SMILES string of the molecule is CC(C)C[C@H](NS(C)(=O)=O)C(C)C. The maximum absolute atomic E-state index is 11.0. The molecule has 0 aromatic rings. The maximum Gasteiger partial charge on any atom is 0.208 e. The van der Waals surface area contributed by atoms with Gasteiger partial charge in [0.2, 0.25) is 10.0 Å². The van der Waals surface area contributed by atoms with Crippen molar-refractivity contribution in [2.45, 2.75) is 40.2 Å². The minimum atomic E-state index is -3.06. The lowest BCUT2D eigenvalue weighted by molar-refractivity contribution is 0.378. The lowest BCUT2D eigenvalue weighted by Crippen LogP contribution is -2.38. The molecule has 3 nitrogen and oxygen atoms in total. The Bertz CT molecular complexity index is 232. The fourth-order valence-corrected chi connectivity index (χ4v) is 2.16. The smallest absolute Gasteiger partial charge is 0.208 e. The molecular weight excluding hydrogens is 186 g/mol. The number of sulfonamides is 1. The molecule has 0 aliphatic heterocycles. The molecule has 4 heteroatoms. The van der Waals surface area contributed by atoms with E-state index < -0.39 is 10.0 Å². The van der Waals surface area contributed by atoms with E-state index in [0.29, 0.717) is 11.8 Å². The van der Waals surface area contributed by atoms with E-state index in [-0.39, 0.29) is 6.04 Å². The maximum atomic E-state index is 11.0. The van der Waals surface area contributed by atoms with Crippen LogP contribution in [0, 0.1) is 11.8 Å². The Morgan fingerprint density at radius 2 is 1.62 bits per heavy atom. The van der Waals surface area contributed by atoms with E-state index >= 15 is 0 Å². The molecule has 0 heterocycles. The van der Waals surface area contributed by atoms with E-state index in [1.54, 1.807) is 0 Å². The number of hydrogen-bond acceptors (Lipinski definition) is 2. The van der Waals surface area contributed by atoms with Crippen LogP contribution in [0.3, 0.4) is 0 Å². The Balaban J connectivity index is 4.28. The lowest BCUT2D eigenvalue weighted by atomic mass is 9.96. The topological polar surface area (TPSA) is 46.2 Å². The second kappa shape index (κ2) is 4.96. The summed E-state index contributed by atoms with van der Waals surface area (Å²) in [6, 6.07) is 0.0648. The van der Waals surface area contributed by atoms with Crippen molar-refractivity contribution in [1.82, 2.24) is 4.72 Å². The van der Waals surface area contributed by atoms with Crippen LogP contribution in [0.25, 0.3) is 0 Å². The molecular formula is C9H21NO2S. The Labute approximate surface area is 82.0 Å². The second-order valence-electron chi connectivity index (χ2n) is 4.37. The summed E-state index contributed by atoms with van der Waals surface area (Å²) in [6.07, 6.45) is 2.10. The van der Waals surface area contributed by atoms with Gasteiger partial charge < -0.3 is 0 Å². The van der Waals surface area contributed by atoms with Crippen LogP contribution in [-0.4, -0.2) is 20.7 Å². The zero-order chi connectivity index (χ0) is 10.6. The van der Waals surface area contributed by atoms with E-state index in [1.807, 2.05) is 13.8 Å². The van der Waals surface area contributed by atoms with Crippen LogP contribution in [0.1, 0.15) is 34.1 Å². The Kier molecular flexibility index (Phi) is 4.92. The minimum Gasteiger partial charge on any atom is -0.213 e. The van der Waals surface area contributed by atoms with Gasteiger partial charge in [-0.05, 0) is 18.3 Å². The molecule has 0 aromatic heterocycles. The average molecular weight is 207 g/mol. The minimum absolute atomic E-state index is 0.0648. The van der Waals surface area contributed by atoms with E-state index in [2.05, 4.69) is 18.6 Å². The highest BCUT2D eigenvalue weighted by molar-refractivity contribution is 7.88. The molecule has 0 saturated carbocycles. The quantitative estimate of drug-likeness (QED) is 0.744. The van der Waals surface area contributed by atoms with E-state index in [9.17, 15) is 8.42 Å². The van der Waals surface area contributed by atoms with E-state index in [0.717, 1.165) is 6.42 Å². The molecule has 1 atom stereocenters. The van der Waals surface area contributed by atoms with Crippen molar-refractivity contribution >= 4 is 10.0 Å². The van der Waals surface area contributed by atoms with Gasteiger partial charge in [0, 0.05) is 6.04 Å². The summed E-state index contributed by atoms with van der Waals surface area (Å²) in [4.78, 5) is 0. The van der Waals surface area contributed by atoms with E-state index in [4.69, 9.17) is 0 Å². The monoisotopic (exact) mass is 207 g/mol. The van der Waals surface area contributed by atoms with Crippen molar-refractivity contribution in [1.29, 1.82) is 0 Å². The average Bonchev–Trinajstić information content (AvgIpc) is 1.81. The Morgan fingerprint density at radius 1 is 1.15 bits per heavy atom. The zero-order valence-electron chi connectivity index (χ0n) is 9.16. The van der Waals surface area contributed by atoms with Crippen LogP contribution in [0.4, 0.5) is 0 Å². The highest BCUT2D eigenvalue weighted by Crippen LogP contribution is 2.13. The third kappa shape index (κ3) is 7.02. The summed E-state index contributed by atoms with van der Waals surface area (Å²) >= 11 is 0. The molecule has 0 amide bonds. The zero-order valence-corrected chi connectivity index (χ0v) is 9.98. The summed E-state index contributed by atoms with van der Waals surface area (Å²) in [6.45, 7) is 8.26. The number of hydrogen-bond donors (Lipinski definition) is 1. The lowest BCUT2D eigenvalue weighted by Gasteiger charge is -2.22. The first-order valence-electron chi connectivity index (χ1n) is 4.69. The molecule has 0 radical (unpaired) electrons. The molecule has 0 bridgehead atoms. The third-order valence-corrected chi connectivity index (χ3v) is 2.63. The molecule has 0 aliphatic carbocycles. The summed E-state index contributed by atoms with van der Waals surface area (Å²) in [5.74, 6) is 0.860. The van der Waals surface area contributed by atoms with Crippen molar-refractivity contribution in [3.8, 4) is 0 Å². The van der Waals surface area contributed by atoms with E-state index in [1.165, 1.54) is 6.26 Å². The van der Waals surface area contributed by atoms with Gasteiger partial charge in [-0.3, -0.25) is 0 Å². The first kappa shape index (κ1) is 12.9. The molecule has 0 fully saturated rings. The fourth-order valence-electron chi connectivity index (χ4n) is 1.24. The van der Waals surface area contributed by atoms with Gasteiger partial charge >= 0.3 is 0 Å². The van der Waals surface area contributed by atoms with Gasteiger partial charge in [0.1, 0.15) is 0 Å². The van der Waals surface area contributed by atoms with Crippen LogP contribution >= 0.6 is 0 Å². The normalized spacial score (nSPS) is 15.3. The summed E-state index contributed by atoms with van der Waals surface area (Å²) in [5, 5.41) is 0. The van der Waals surface area contributed by atoms with Gasteiger partial charge in [0.25, 0.3) is 0 Å². The fraction of sp³-hybridized carbons (Fsp3) is 1.00. The summed E-state index contributed by atoms with van der Waals surface area (Å²) in [5.41, 5.74) is 0. The van der Waals surface area contributed by atoms with Crippen molar-refractivity contribution in [3.63, 3.8) is 0 Å². The second-order valence-corrected chi connectivity index (χ2v) is 6.15. The molecule has 0 rings (SSSR count). The molecule has 0 aromatic carbocycles. The van der Waals surface area contributed by atoms with Crippen LogP contribution in [0.15, 0.2) is 0 Å². The predicted molar refractivity (Wildman–Crippen MR) is 56.1 cm³/mol. The molecule has 0 aliphatic rings. The Morgan fingerprint density at radius 3 is 1.85 bits per heavy atom. The van der Waals surface area contributed by atoms with Gasteiger partial charge in [0.05, 0.1) is 6.26 Å². The standard InChI is InChI=1S/C9H21NO2S/c1-7(2)6-9(8(3)4)10-13(5,11)12/h7-10H,6H2,1-5H3/t9-/m0/s1. The van der Waals surface area contributed by atoms with Gasteiger partial charge in [-0.1, -0.05) is 27.7 Å².